The first-order valence-electron chi connectivity index (χ1n) is 5.89. The van der Waals surface area contributed by atoms with E-state index in [0.29, 0.717) is 5.02 Å². The first kappa shape index (κ1) is 14.4. The molecule has 0 spiro atoms. The van der Waals surface area contributed by atoms with Crippen LogP contribution in [-0.2, 0) is 4.79 Å². The molecule has 1 aliphatic rings. The van der Waals surface area contributed by atoms with Crippen LogP contribution in [-0.4, -0.2) is 28.6 Å². The molecular formula is C14H15BrClNO2. The van der Waals surface area contributed by atoms with E-state index in [4.69, 9.17) is 11.6 Å². The Hall–Kier alpha value is -1.00. The molecule has 102 valence electrons. The third kappa shape index (κ3) is 2.07. The van der Waals surface area contributed by atoms with Crippen molar-refractivity contribution >= 4 is 33.5 Å². The number of nitrogens with zero attached hydrogens (tertiary/aromatic N) is 1. The fourth-order valence-corrected chi connectivity index (χ4v) is 3.42. The van der Waals surface area contributed by atoms with Gasteiger partial charge in [0.2, 0.25) is 0 Å². The van der Waals surface area contributed by atoms with Crippen LogP contribution in [0.15, 0.2) is 34.4 Å². The summed E-state index contributed by atoms with van der Waals surface area (Å²) < 4.78 is 0.831. The monoisotopic (exact) mass is 343 g/mol. The summed E-state index contributed by atoms with van der Waals surface area (Å²) in [7, 11) is 1.79. The number of carboxylic acid groups (broad SMARTS) is 1. The van der Waals surface area contributed by atoms with E-state index in [0.717, 1.165) is 15.7 Å². The molecule has 0 fully saturated rings. The quantitative estimate of drug-likeness (QED) is 0.829. The zero-order valence-corrected chi connectivity index (χ0v) is 13.3. The number of benzene rings is 1. The molecule has 0 bridgehead atoms. The molecule has 1 heterocycles. The predicted molar refractivity (Wildman–Crippen MR) is 79.6 cm³/mol. The van der Waals surface area contributed by atoms with Crippen molar-refractivity contribution in [3.05, 3.63) is 45.0 Å². The van der Waals surface area contributed by atoms with Gasteiger partial charge in [0.15, 0.2) is 0 Å². The third-order valence-electron chi connectivity index (χ3n) is 3.95. The highest BCUT2D eigenvalue weighted by molar-refractivity contribution is 9.11. The maximum absolute atomic E-state index is 11.8. The van der Waals surface area contributed by atoms with E-state index in [1.807, 2.05) is 19.1 Å². The largest absolute Gasteiger partial charge is 0.479 e. The topological polar surface area (TPSA) is 40.5 Å². The number of hydrogen-bond donors (Lipinski definition) is 1. The van der Waals surface area contributed by atoms with Gasteiger partial charge in [-0.25, -0.2) is 4.79 Å². The maximum atomic E-state index is 11.8. The van der Waals surface area contributed by atoms with Crippen LogP contribution in [0.1, 0.15) is 25.3 Å². The Labute approximate surface area is 126 Å². The molecule has 0 saturated heterocycles. The highest BCUT2D eigenvalue weighted by atomic mass is 79.9. The van der Waals surface area contributed by atoms with Crippen molar-refractivity contribution < 1.29 is 9.90 Å². The number of carboxylic acids is 1. The van der Waals surface area contributed by atoms with Gasteiger partial charge in [0.05, 0.1) is 4.61 Å². The van der Waals surface area contributed by atoms with Gasteiger partial charge in [0, 0.05) is 18.0 Å². The van der Waals surface area contributed by atoms with Crippen molar-refractivity contribution in [2.75, 3.05) is 7.05 Å². The lowest BCUT2D eigenvalue weighted by Gasteiger charge is -2.35. The third-order valence-corrected chi connectivity index (χ3v) is 5.36. The lowest BCUT2D eigenvalue weighted by atomic mass is 9.78. The van der Waals surface area contributed by atoms with Crippen LogP contribution in [0, 0.1) is 0 Å². The maximum Gasteiger partial charge on any atom is 0.330 e. The Morgan fingerprint density at radius 3 is 2.42 bits per heavy atom. The fourth-order valence-electron chi connectivity index (χ4n) is 2.70. The number of carbonyl (C=O) groups is 1. The predicted octanol–water partition coefficient (Wildman–Crippen LogP) is 3.84. The van der Waals surface area contributed by atoms with E-state index in [2.05, 4.69) is 15.9 Å². The van der Waals surface area contributed by atoms with Crippen LogP contribution in [0.5, 0.6) is 0 Å². The lowest BCUT2D eigenvalue weighted by Crippen LogP contribution is -2.49. The lowest BCUT2D eigenvalue weighted by molar-refractivity contribution is -0.148. The Balaban J connectivity index is 2.58. The smallest absolute Gasteiger partial charge is 0.330 e. The molecule has 2 rings (SSSR count). The van der Waals surface area contributed by atoms with Gasteiger partial charge in [0.1, 0.15) is 5.54 Å². The van der Waals surface area contributed by atoms with Crippen LogP contribution in [0.2, 0.25) is 5.02 Å². The van der Waals surface area contributed by atoms with E-state index in [-0.39, 0.29) is 5.92 Å². The first-order valence-corrected chi connectivity index (χ1v) is 7.06. The van der Waals surface area contributed by atoms with E-state index in [1.54, 1.807) is 31.0 Å². The number of hydrogen-bond acceptors (Lipinski definition) is 2. The second kappa shape index (κ2) is 4.84. The van der Waals surface area contributed by atoms with Crippen LogP contribution in [0.4, 0.5) is 0 Å². The summed E-state index contributed by atoms with van der Waals surface area (Å²) in [6, 6.07) is 7.35. The summed E-state index contributed by atoms with van der Waals surface area (Å²) in [5, 5.41) is 10.3. The Bertz CT molecular complexity index is 555. The Kier molecular flexibility index (Phi) is 3.67. The van der Waals surface area contributed by atoms with Crippen molar-refractivity contribution in [3.63, 3.8) is 0 Å². The van der Waals surface area contributed by atoms with Crippen LogP contribution in [0.25, 0.3) is 0 Å². The minimum absolute atomic E-state index is 0.207. The molecule has 19 heavy (non-hydrogen) atoms. The van der Waals surface area contributed by atoms with E-state index >= 15 is 0 Å². The van der Waals surface area contributed by atoms with Gasteiger partial charge in [-0.3, -0.25) is 0 Å². The molecule has 0 aromatic heterocycles. The molecule has 0 radical (unpaired) electrons. The van der Waals surface area contributed by atoms with Crippen LogP contribution >= 0.6 is 27.5 Å². The van der Waals surface area contributed by atoms with Gasteiger partial charge >= 0.3 is 5.97 Å². The van der Waals surface area contributed by atoms with Gasteiger partial charge in [0.25, 0.3) is 0 Å². The Morgan fingerprint density at radius 1 is 1.42 bits per heavy atom. The van der Waals surface area contributed by atoms with Crippen molar-refractivity contribution in [2.24, 2.45) is 0 Å². The summed E-state index contributed by atoms with van der Waals surface area (Å²) in [4.78, 5) is 13.5. The number of aliphatic carboxylic acids is 1. The van der Waals surface area contributed by atoms with E-state index in [9.17, 15) is 9.90 Å². The molecule has 0 amide bonds. The molecule has 2 atom stereocenters. The van der Waals surface area contributed by atoms with Crippen molar-refractivity contribution in [1.29, 1.82) is 0 Å². The van der Waals surface area contributed by atoms with Gasteiger partial charge in [-0.2, -0.15) is 0 Å². The molecule has 3 nitrogen and oxygen atoms in total. The van der Waals surface area contributed by atoms with E-state index in [1.165, 1.54) is 0 Å². The molecule has 0 aliphatic carbocycles. The van der Waals surface area contributed by atoms with Gasteiger partial charge in [-0.15, -0.1) is 0 Å². The number of likely N-dealkylation sites (N-methyl/N-ethyl adjacent to an activating group) is 1. The normalized spacial score (nSPS) is 27.0. The standard InChI is InChI=1S/C14H15BrClNO2/c1-8-11(9-4-6-10(16)7-5-9)14(2,13(18)19)17(3)12(8)15/h4-7,11H,1-3H3,(H,18,19). The summed E-state index contributed by atoms with van der Waals surface area (Å²) in [5.74, 6) is -1.05. The van der Waals surface area contributed by atoms with Crippen molar-refractivity contribution in [3.8, 4) is 0 Å². The molecule has 5 heteroatoms. The summed E-state index contributed by atoms with van der Waals surface area (Å²) in [5.41, 5.74) is 0.958. The van der Waals surface area contributed by atoms with Gasteiger partial charge in [-0.05, 0) is 53.0 Å². The van der Waals surface area contributed by atoms with Crippen LogP contribution < -0.4 is 0 Å². The average molecular weight is 345 g/mol. The molecule has 0 saturated carbocycles. The zero-order chi connectivity index (χ0) is 14.4. The minimum atomic E-state index is -1.00. The van der Waals surface area contributed by atoms with Gasteiger partial charge < -0.3 is 10.0 Å². The number of rotatable bonds is 2. The first-order chi connectivity index (χ1) is 8.80. The molecule has 1 N–H and O–H groups in total. The van der Waals surface area contributed by atoms with E-state index < -0.39 is 11.5 Å². The molecular weight excluding hydrogens is 330 g/mol. The highest BCUT2D eigenvalue weighted by Gasteiger charge is 2.52. The van der Waals surface area contributed by atoms with Crippen molar-refractivity contribution in [2.45, 2.75) is 25.3 Å². The summed E-state index contributed by atoms with van der Waals surface area (Å²) in [6.07, 6.45) is 0. The van der Waals surface area contributed by atoms with Crippen LogP contribution in [0.3, 0.4) is 0 Å². The Morgan fingerprint density at radius 2 is 1.95 bits per heavy atom. The summed E-state index contributed by atoms with van der Waals surface area (Å²) >= 11 is 9.38. The highest BCUT2D eigenvalue weighted by Crippen LogP contribution is 2.49. The molecule has 1 aromatic rings. The minimum Gasteiger partial charge on any atom is -0.479 e. The second-order valence-corrected chi connectivity index (χ2v) is 6.16. The SMILES string of the molecule is CC1=C(Br)N(C)C(C)(C(=O)O)C1c1ccc(Cl)cc1. The fraction of sp³-hybridized carbons (Fsp3) is 0.357. The average Bonchev–Trinajstić information content (AvgIpc) is 2.54. The van der Waals surface area contributed by atoms with Gasteiger partial charge in [-0.1, -0.05) is 23.7 Å². The summed E-state index contributed by atoms with van der Waals surface area (Å²) in [6.45, 7) is 3.69. The molecule has 1 aromatic carbocycles. The zero-order valence-electron chi connectivity index (χ0n) is 10.9. The number of halogens is 2. The van der Waals surface area contributed by atoms with Crippen molar-refractivity contribution in [1.82, 2.24) is 4.90 Å². The molecule has 1 aliphatic heterocycles. The second-order valence-electron chi connectivity index (χ2n) is 4.97. The molecule has 2 unspecified atom stereocenters.